The Labute approximate surface area is 204 Å². The summed E-state index contributed by atoms with van der Waals surface area (Å²) in [4.78, 5) is 43.0. The fourth-order valence-corrected chi connectivity index (χ4v) is 5.29. The number of hydrogen-bond acceptors (Lipinski definition) is 6. The number of aromatic nitrogens is 1. The number of thiazole rings is 1. The summed E-state index contributed by atoms with van der Waals surface area (Å²) in [5, 5.41) is 3.43. The van der Waals surface area contributed by atoms with Crippen LogP contribution in [0, 0.1) is 5.41 Å². The lowest BCUT2D eigenvalue weighted by Crippen LogP contribution is -2.36. The van der Waals surface area contributed by atoms with Gasteiger partial charge in [-0.1, -0.05) is 17.7 Å². The average Bonchev–Trinajstić information content (AvgIpc) is 3.21. The van der Waals surface area contributed by atoms with E-state index in [4.69, 9.17) is 21.3 Å². The number of Topliss-reactive ketones (excluding diaryl/α,β-unsaturated/α-hetero) is 1. The van der Waals surface area contributed by atoms with E-state index in [0.29, 0.717) is 23.2 Å². The average molecular weight is 491 g/mol. The lowest BCUT2D eigenvalue weighted by atomic mass is 9.86. The highest BCUT2D eigenvalue weighted by Crippen LogP contribution is 2.38. The molecule has 3 rings (SSSR count). The summed E-state index contributed by atoms with van der Waals surface area (Å²) in [6.45, 7) is 8.59. The number of carbonyl (C=O) groups is 3. The second-order valence-corrected chi connectivity index (χ2v) is 10.4. The molecule has 0 saturated carbocycles. The summed E-state index contributed by atoms with van der Waals surface area (Å²) in [5.41, 5.74) is 2.01. The van der Waals surface area contributed by atoms with Gasteiger partial charge in [-0.25, -0.2) is 4.98 Å². The first kappa shape index (κ1) is 25.4. The van der Waals surface area contributed by atoms with Gasteiger partial charge in [-0.2, -0.15) is 0 Å². The van der Waals surface area contributed by atoms with Crippen molar-refractivity contribution in [3.8, 4) is 10.6 Å². The minimum Gasteiger partial charge on any atom is -0.466 e. The molecule has 33 heavy (non-hydrogen) atoms. The van der Waals surface area contributed by atoms with Gasteiger partial charge in [-0.3, -0.25) is 14.4 Å². The van der Waals surface area contributed by atoms with Crippen molar-refractivity contribution in [1.82, 2.24) is 9.88 Å². The topological polar surface area (TPSA) is 76.6 Å². The van der Waals surface area contributed by atoms with Crippen LogP contribution in [0.25, 0.3) is 10.6 Å². The first-order valence-electron chi connectivity index (χ1n) is 11.3. The molecule has 1 aromatic carbocycles. The second-order valence-electron chi connectivity index (χ2n) is 9.15. The molecular weight excluding hydrogens is 460 g/mol. The highest BCUT2D eigenvalue weighted by Gasteiger charge is 2.32. The minimum absolute atomic E-state index is 0.0437. The van der Waals surface area contributed by atoms with Gasteiger partial charge in [0.25, 0.3) is 0 Å². The van der Waals surface area contributed by atoms with Crippen molar-refractivity contribution in [3.05, 3.63) is 39.9 Å². The number of carbonyl (C=O) groups excluding carboxylic acids is 3. The summed E-state index contributed by atoms with van der Waals surface area (Å²) in [5.74, 6) is 0.00516. The van der Waals surface area contributed by atoms with Gasteiger partial charge in [0, 0.05) is 48.8 Å². The normalized spacial score (nSPS) is 14.9. The smallest absolute Gasteiger partial charge is 0.311 e. The van der Waals surface area contributed by atoms with Crippen molar-refractivity contribution in [2.45, 2.75) is 59.3 Å². The Hall–Kier alpha value is -2.25. The fraction of sp³-hybridized carbons (Fsp3) is 0.520. The minimum atomic E-state index is -0.857. The zero-order chi connectivity index (χ0) is 24.2. The van der Waals surface area contributed by atoms with Crippen molar-refractivity contribution in [2.24, 2.45) is 5.41 Å². The first-order chi connectivity index (χ1) is 15.6. The van der Waals surface area contributed by atoms with Crippen molar-refractivity contribution in [1.29, 1.82) is 0 Å². The maximum Gasteiger partial charge on any atom is 0.311 e. The van der Waals surface area contributed by atoms with Crippen molar-refractivity contribution in [2.75, 3.05) is 19.7 Å². The van der Waals surface area contributed by atoms with Crippen molar-refractivity contribution < 1.29 is 19.1 Å². The molecule has 0 aliphatic carbocycles. The summed E-state index contributed by atoms with van der Waals surface area (Å²) in [7, 11) is 0. The molecule has 0 spiro atoms. The molecule has 1 aliphatic rings. The van der Waals surface area contributed by atoms with E-state index in [0.717, 1.165) is 42.1 Å². The summed E-state index contributed by atoms with van der Waals surface area (Å²) >= 11 is 7.83. The second kappa shape index (κ2) is 10.8. The fourth-order valence-electron chi connectivity index (χ4n) is 4.24. The van der Waals surface area contributed by atoms with Gasteiger partial charge in [-0.05, 0) is 57.2 Å². The molecule has 2 aromatic rings. The van der Waals surface area contributed by atoms with Crippen molar-refractivity contribution in [3.63, 3.8) is 0 Å². The number of ketones is 1. The Morgan fingerprint density at radius 1 is 1.24 bits per heavy atom. The zero-order valence-corrected chi connectivity index (χ0v) is 21.2. The molecule has 1 amide bonds. The molecular formula is C25H31ClN2O4S. The lowest BCUT2D eigenvalue weighted by molar-refractivity contribution is -0.155. The van der Waals surface area contributed by atoms with Crippen LogP contribution >= 0.6 is 22.9 Å². The Balaban J connectivity index is 1.73. The van der Waals surface area contributed by atoms with Gasteiger partial charge in [0.1, 0.15) is 10.8 Å². The quantitative estimate of drug-likeness (QED) is 0.470. The Morgan fingerprint density at radius 2 is 1.94 bits per heavy atom. The third-order valence-electron chi connectivity index (χ3n) is 6.02. The van der Waals surface area contributed by atoms with Crippen LogP contribution in [0.2, 0.25) is 5.02 Å². The number of nitrogens with zero attached hydrogens (tertiary/aromatic N) is 2. The Bertz CT molecular complexity index is 1030. The van der Waals surface area contributed by atoms with Gasteiger partial charge in [0.2, 0.25) is 5.91 Å². The Kier molecular flexibility index (Phi) is 8.29. The van der Waals surface area contributed by atoms with E-state index >= 15 is 0 Å². The zero-order valence-electron chi connectivity index (χ0n) is 19.7. The van der Waals surface area contributed by atoms with Crippen LogP contribution in [0.1, 0.15) is 64.1 Å². The number of likely N-dealkylation sites (tertiary alicyclic amines) is 1. The molecule has 1 saturated heterocycles. The number of amides is 1. The van der Waals surface area contributed by atoms with Crippen LogP contribution in [-0.4, -0.2) is 47.2 Å². The Morgan fingerprint density at radius 3 is 2.58 bits per heavy atom. The molecule has 178 valence electrons. The van der Waals surface area contributed by atoms with E-state index < -0.39 is 5.41 Å². The molecule has 0 atom stereocenters. The molecule has 0 bridgehead atoms. The molecule has 0 N–H and O–H groups in total. The van der Waals surface area contributed by atoms with Gasteiger partial charge in [0.05, 0.1) is 17.7 Å². The maximum absolute atomic E-state index is 12.6. The molecule has 2 heterocycles. The third kappa shape index (κ3) is 6.42. The summed E-state index contributed by atoms with van der Waals surface area (Å²) < 4.78 is 5.08. The summed E-state index contributed by atoms with van der Waals surface area (Å²) in [6, 6.07) is 5.85. The van der Waals surface area contributed by atoms with Gasteiger partial charge < -0.3 is 9.64 Å². The monoisotopic (exact) mass is 490 g/mol. The number of ether oxygens (including phenoxy) is 1. The van der Waals surface area contributed by atoms with E-state index in [2.05, 4.69) is 0 Å². The maximum atomic E-state index is 12.6. The lowest BCUT2D eigenvalue weighted by Gasteiger charge is -2.32. The van der Waals surface area contributed by atoms with Crippen LogP contribution in [0.3, 0.4) is 0 Å². The van der Waals surface area contributed by atoms with E-state index in [-0.39, 0.29) is 30.5 Å². The van der Waals surface area contributed by atoms with Crippen LogP contribution in [-0.2, 0) is 25.5 Å². The SMILES string of the molecule is CCOC(=O)C(C)(C)CC(=O)Cc1csc(-c2ccc(Cl)cc2C2CCN(C(C)=O)CC2)n1. The van der Waals surface area contributed by atoms with Crippen LogP contribution in [0.15, 0.2) is 23.6 Å². The molecule has 8 heteroatoms. The highest BCUT2D eigenvalue weighted by atomic mass is 35.5. The number of rotatable bonds is 8. The first-order valence-corrected chi connectivity index (χ1v) is 12.5. The van der Waals surface area contributed by atoms with E-state index in [1.54, 1.807) is 27.7 Å². The van der Waals surface area contributed by atoms with Gasteiger partial charge >= 0.3 is 5.97 Å². The van der Waals surface area contributed by atoms with E-state index in [1.165, 1.54) is 11.3 Å². The number of hydrogen-bond donors (Lipinski definition) is 0. The van der Waals surface area contributed by atoms with Crippen LogP contribution in [0.4, 0.5) is 0 Å². The number of esters is 1. The standard InChI is InChI=1S/C25H31ClN2O4S/c1-5-32-24(31)25(3,4)14-20(30)13-19-15-33-23(27-19)21-7-6-18(26)12-22(21)17-8-10-28(11-9-17)16(2)29/h6-7,12,15,17H,5,8-11,13-14H2,1-4H3. The molecule has 0 radical (unpaired) electrons. The van der Waals surface area contributed by atoms with Crippen LogP contribution in [0.5, 0.6) is 0 Å². The molecule has 6 nitrogen and oxygen atoms in total. The van der Waals surface area contributed by atoms with Gasteiger partial charge in [-0.15, -0.1) is 11.3 Å². The highest BCUT2D eigenvalue weighted by molar-refractivity contribution is 7.13. The van der Waals surface area contributed by atoms with Crippen LogP contribution < -0.4 is 0 Å². The number of halogens is 1. The van der Waals surface area contributed by atoms with Crippen molar-refractivity contribution >= 4 is 40.6 Å². The van der Waals surface area contributed by atoms with E-state index in [1.807, 2.05) is 28.5 Å². The predicted octanol–water partition coefficient (Wildman–Crippen LogP) is 5.28. The molecule has 0 unspecified atom stereocenters. The predicted molar refractivity (Wildman–Crippen MR) is 131 cm³/mol. The summed E-state index contributed by atoms with van der Waals surface area (Å²) in [6.07, 6.45) is 2.05. The van der Waals surface area contributed by atoms with E-state index in [9.17, 15) is 14.4 Å². The molecule has 1 aliphatic heterocycles. The molecule has 1 fully saturated rings. The third-order valence-corrected chi connectivity index (χ3v) is 7.18. The molecule has 1 aromatic heterocycles. The number of piperidine rings is 1. The van der Waals surface area contributed by atoms with Gasteiger partial charge in [0.15, 0.2) is 0 Å². The largest absolute Gasteiger partial charge is 0.466 e. The number of benzene rings is 1.